The van der Waals surface area contributed by atoms with Gasteiger partial charge in [-0.2, -0.15) is 0 Å². The first-order chi connectivity index (χ1) is 6.65. The maximum absolute atomic E-state index is 11.5. The van der Waals surface area contributed by atoms with Crippen molar-refractivity contribution < 1.29 is 14.7 Å². The van der Waals surface area contributed by atoms with Crippen LogP contribution in [-0.2, 0) is 9.59 Å². The topological polar surface area (TPSA) is 78.4 Å². The van der Waals surface area contributed by atoms with Crippen molar-refractivity contribution in [1.82, 2.24) is 10.6 Å². The number of hydrogen-bond acceptors (Lipinski definition) is 3. The van der Waals surface area contributed by atoms with Crippen LogP contribution in [0.5, 0.6) is 0 Å². The summed E-state index contributed by atoms with van der Waals surface area (Å²) in [5.41, 5.74) is 0. The molecule has 1 atom stereocenters. The Morgan fingerprint density at radius 3 is 2.71 bits per heavy atom. The lowest BCUT2D eigenvalue weighted by Gasteiger charge is -2.32. The van der Waals surface area contributed by atoms with E-state index in [0.717, 1.165) is 0 Å². The molecule has 0 aromatic heterocycles. The highest BCUT2D eigenvalue weighted by Gasteiger charge is 2.33. The molecule has 1 aliphatic heterocycles. The second-order valence-electron chi connectivity index (χ2n) is 4.04. The van der Waals surface area contributed by atoms with Crippen LogP contribution in [0.2, 0.25) is 0 Å². The van der Waals surface area contributed by atoms with E-state index in [-0.39, 0.29) is 29.9 Å². The molecule has 2 amide bonds. The van der Waals surface area contributed by atoms with E-state index in [1.807, 2.05) is 0 Å². The van der Waals surface area contributed by atoms with Gasteiger partial charge in [-0.05, 0) is 12.8 Å². The largest absolute Gasteiger partial charge is 0.393 e. The predicted molar refractivity (Wildman–Crippen MR) is 48.3 cm³/mol. The Bertz CT molecular complexity index is 261. The fourth-order valence-corrected chi connectivity index (χ4v) is 1.82. The third-order valence-electron chi connectivity index (χ3n) is 2.81. The zero-order valence-electron chi connectivity index (χ0n) is 7.82. The Morgan fingerprint density at radius 1 is 1.50 bits per heavy atom. The van der Waals surface area contributed by atoms with Gasteiger partial charge in [-0.3, -0.25) is 9.59 Å². The van der Waals surface area contributed by atoms with Gasteiger partial charge in [0.2, 0.25) is 11.8 Å². The highest BCUT2D eigenvalue weighted by molar-refractivity contribution is 5.89. The predicted octanol–water partition coefficient (Wildman–Crippen LogP) is -1.24. The summed E-state index contributed by atoms with van der Waals surface area (Å²) in [4.78, 5) is 22.4. The summed E-state index contributed by atoms with van der Waals surface area (Å²) in [6, 6.07) is 0.105. The van der Waals surface area contributed by atoms with Crippen LogP contribution in [0.25, 0.3) is 0 Å². The van der Waals surface area contributed by atoms with E-state index >= 15 is 0 Å². The molecule has 14 heavy (non-hydrogen) atoms. The maximum atomic E-state index is 11.5. The number of rotatable bonds is 2. The lowest BCUT2D eigenvalue weighted by Crippen LogP contribution is -2.48. The molecule has 0 aromatic carbocycles. The van der Waals surface area contributed by atoms with Crippen molar-refractivity contribution in [3.63, 3.8) is 0 Å². The number of hydrogen-bond donors (Lipinski definition) is 3. The van der Waals surface area contributed by atoms with E-state index in [1.54, 1.807) is 0 Å². The normalized spacial score (nSPS) is 36.1. The second-order valence-corrected chi connectivity index (χ2v) is 4.04. The standard InChI is InChI=1S/C9H14N2O3/c12-7-2-6(3-7)11-9(14)5-1-8(13)10-4-5/h5-7,12H,1-4H2,(H,10,13)(H,11,14). The lowest BCUT2D eigenvalue weighted by atomic mass is 9.89. The molecule has 3 N–H and O–H groups in total. The zero-order chi connectivity index (χ0) is 10.1. The first kappa shape index (κ1) is 9.45. The van der Waals surface area contributed by atoms with Crippen LogP contribution in [-0.4, -0.2) is 35.6 Å². The monoisotopic (exact) mass is 198 g/mol. The third kappa shape index (κ3) is 1.87. The Hall–Kier alpha value is -1.10. The Kier molecular flexibility index (Phi) is 2.41. The van der Waals surface area contributed by atoms with Crippen molar-refractivity contribution in [1.29, 1.82) is 0 Å². The highest BCUT2D eigenvalue weighted by atomic mass is 16.3. The minimum absolute atomic E-state index is 0.0567. The molecule has 0 spiro atoms. The Labute approximate surface area is 81.9 Å². The van der Waals surface area contributed by atoms with Gasteiger partial charge in [0.05, 0.1) is 12.0 Å². The summed E-state index contributed by atoms with van der Waals surface area (Å²) >= 11 is 0. The molecule has 2 aliphatic rings. The molecule has 5 nitrogen and oxygen atoms in total. The van der Waals surface area contributed by atoms with Gasteiger partial charge in [0, 0.05) is 19.0 Å². The van der Waals surface area contributed by atoms with Crippen LogP contribution in [0, 0.1) is 5.92 Å². The zero-order valence-corrected chi connectivity index (χ0v) is 7.82. The van der Waals surface area contributed by atoms with Gasteiger partial charge in [0.15, 0.2) is 0 Å². The Morgan fingerprint density at radius 2 is 2.21 bits per heavy atom. The highest BCUT2D eigenvalue weighted by Crippen LogP contribution is 2.20. The number of aliphatic hydroxyl groups is 1. The molecule has 1 aliphatic carbocycles. The van der Waals surface area contributed by atoms with Crippen LogP contribution in [0.3, 0.4) is 0 Å². The van der Waals surface area contributed by atoms with E-state index in [1.165, 1.54) is 0 Å². The molecule has 2 rings (SSSR count). The van der Waals surface area contributed by atoms with Gasteiger partial charge >= 0.3 is 0 Å². The molecular weight excluding hydrogens is 184 g/mol. The van der Waals surface area contributed by atoms with E-state index in [4.69, 9.17) is 5.11 Å². The van der Waals surface area contributed by atoms with Crippen molar-refractivity contribution in [3.05, 3.63) is 0 Å². The fourth-order valence-electron chi connectivity index (χ4n) is 1.82. The van der Waals surface area contributed by atoms with Gasteiger partial charge in [0.25, 0.3) is 0 Å². The van der Waals surface area contributed by atoms with Gasteiger partial charge in [-0.25, -0.2) is 0 Å². The molecule has 5 heteroatoms. The molecule has 1 saturated heterocycles. The molecule has 0 aromatic rings. The van der Waals surface area contributed by atoms with E-state index in [0.29, 0.717) is 25.8 Å². The summed E-state index contributed by atoms with van der Waals surface area (Å²) in [6.07, 6.45) is 1.31. The molecule has 1 heterocycles. The van der Waals surface area contributed by atoms with Crippen molar-refractivity contribution >= 4 is 11.8 Å². The van der Waals surface area contributed by atoms with Gasteiger partial charge in [0.1, 0.15) is 0 Å². The number of aliphatic hydroxyl groups excluding tert-OH is 1. The average molecular weight is 198 g/mol. The quantitative estimate of drug-likeness (QED) is 0.519. The number of carbonyl (C=O) groups excluding carboxylic acids is 2. The van der Waals surface area contributed by atoms with E-state index in [2.05, 4.69) is 10.6 Å². The molecule has 1 unspecified atom stereocenters. The minimum Gasteiger partial charge on any atom is -0.393 e. The summed E-state index contributed by atoms with van der Waals surface area (Å²) in [7, 11) is 0. The second kappa shape index (κ2) is 3.57. The van der Waals surface area contributed by atoms with Crippen LogP contribution >= 0.6 is 0 Å². The van der Waals surface area contributed by atoms with Gasteiger partial charge < -0.3 is 15.7 Å². The van der Waals surface area contributed by atoms with Crippen LogP contribution in [0.15, 0.2) is 0 Å². The van der Waals surface area contributed by atoms with Crippen LogP contribution < -0.4 is 10.6 Å². The number of amides is 2. The Balaban J connectivity index is 1.76. The van der Waals surface area contributed by atoms with Crippen LogP contribution in [0.4, 0.5) is 0 Å². The van der Waals surface area contributed by atoms with Crippen molar-refractivity contribution in [2.75, 3.05) is 6.54 Å². The van der Waals surface area contributed by atoms with Crippen molar-refractivity contribution in [2.45, 2.75) is 31.4 Å². The summed E-state index contributed by atoms with van der Waals surface area (Å²) in [6.45, 7) is 0.444. The molecular formula is C9H14N2O3. The number of nitrogens with one attached hydrogen (secondary N) is 2. The summed E-state index contributed by atoms with van der Waals surface area (Å²) < 4.78 is 0. The molecule has 0 radical (unpaired) electrons. The van der Waals surface area contributed by atoms with Crippen LogP contribution in [0.1, 0.15) is 19.3 Å². The smallest absolute Gasteiger partial charge is 0.225 e. The van der Waals surface area contributed by atoms with Crippen molar-refractivity contribution in [2.24, 2.45) is 5.92 Å². The first-order valence-electron chi connectivity index (χ1n) is 4.90. The van der Waals surface area contributed by atoms with Crippen molar-refractivity contribution in [3.8, 4) is 0 Å². The summed E-state index contributed by atoms with van der Waals surface area (Å²) in [5, 5.41) is 14.5. The fraction of sp³-hybridized carbons (Fsp3) is 0.778. The third-order valence-corrected chi connectivity index (χ3v) is 2.81. The van der Waals surface area contributed by atoms with E-state index in [9.17, 15) is 9.59 Å². The molecule has 0 bridgehead atoms. The molecule has 1 saturated carbocycles. The molecule has 78 valence electrons. The average Bonchev–Trinajstić information content (AvgIpc) is 2.49. The molecule has 2 fully saturated rings. The van der Waals surface area contributed by atoms with Gasteiger partial charge in [-0.15, -0.1) is 0 Å². The summed E-state index contributed by atoms with van der Waals surface area (Å²) in [5.74, 6) is -0.348. The number of carbonyl (C=O) groups is 2. The van der Waals surface area contributed by atoms with E-state index < -0.39 is 0 Å². The van der Waals surface area contributed by atoms with Gasteiger partial charge in [-0.1, -0.05) is 0 Å². The SMILES string of the molecule is O=C1CC(C(=O)NC2CC(O)C2)CN1. The minimum atomic E-state index is -0.261. The lowest BCUT2D eigenvalue weighted by molar-refractivity contribution is -0.128. The maximum Gasteiger partial charge on any atom is 0.225 e. The first-order valence-corrected chi connectivity index (χ1v) is 4.90.